The molecule has 0 spiro atoms. The van der Waals surface area contributed by atoms with Crippen LogP contribution in [0.25, 0.3) is 0 Å². The Morgan fingerprint density at radius 2 is 2.06 bits per heavy atom. The van der Waals surface area contributed by atoms with E-state index >= 15 is 0 Å². The maximum atomic E-state index is 12.0. The van der Waals surface area contributed by atoms with E-state index in [1.165, 1.54) is 18.9 Å². The number of hydrogen-bond donors (Lipinski definition) is 0. The quantitative estimate of drug-likeness (QED) is 0.455. The van der Waals surface area contributed by atoms with Gasteiger partial charge < -0.3 is 4.74 Å². The van der Waals surface area contributed by atoms with E-state index in [4.69, 9.17) is 11.6 Å². The third-order valence-corrected chi connectivity index (χ3v) is 3.51. The van der Waals surface area contributed by atoms with Crippen molar-refractivity contribution in [1.29, 1.82) is 0 Å². The second-order valence-electron chi connectivity index (χ2n) is 3.70. The van der Waals surface area contributed by atoms with Crippen molar-refractivity contribution >= 4 is 35.1 Å². The van der Waals surface area contributed by atoms with Gasteiger partial charge in [0.2, 0.25) is 0 Å². The molecule has 1 aromatic carbocycles. The van der Waals surface area contributed by atoms with Crippen LogP contribution in [0.2, 0.25) is 5.02 Å². The minimum Gasteiger partial charge on any atom is -0.469 e. The van der Waals surface area contributed by atoms with Crippen LogP contribution in [0.5, 0.6) is 0 Å². The zero-order chi connectivity index (χ0) is 13.5. The summed E-state index contributed by atoms with van der Waals surface area (Å²) in [6, 6.07) is 5.27. The van der Waals surface area contributed by atoms with Gasteiger partial charge in [-0.05, 0) is 30.9 Å². The molecule has 18 heavy (non-hydrogen) atoms. The molecule has 0 saturated carbocycles. The average molecular weight is 287 g/mol. The number of hydrogen-bond acceptors (Lipinski definition) is 4. The van der Waals surface area contributed by atoms with Crippen molar-refractivity contribution in [3.8, 4) is 0 Å². The highest BCUT2D eigenvalue weighted by atomic mass is 35.5. The predicted molar refractivity (Wildman–Crippen MR) is 73.4 cm³/mol. The molecule has 0 aromatic heterocycles. The highest BCUT2D eigenvalue weighted by molar-refractivity contribution is 7.98. The fraction of sp³-hybridized carbons (Fsp3) is 0.385. The standard InChI is InChI=1S/C13H15ClO3S/c1-17-13(16)5-3-4-11(15)10-8-9(14)6-7-12(10)18-2/h6-8H,3-5H2,1-2H3. The summed E-state index contributed by atoms with van der Waals surface area (Å²) in [6.45, 7) is 0. The largest absolute Gasteiger partial charge is 0.469 e. The molecule has 0 fully saturated rings. The summed E-state index contributed by atoms with van der Waals surface area (Å²) in [5, 5.41) is 0.545. The first kappa shape index (κ1) is 15.1. The van der Waals surface area contributed by atoms with Gasteiger partial charge >= 0.3 is 5.97 Å². The van der Waals surface area contributed by atoms with Gasteiger partial charge in [-0.25, -0.2) is 0 Å². The molecule has 0 aliphatic rings. The molecule has 98 valence electrons. The summed E-state index contributed by atoms with van der Waals surface area (Å²) >= 11 is 7.39. The molecule has 0 heterocycles. The molecule has 0 unspecified atom stereocenters. The number of carbonyl (C=O) groups excluding carboxylic acids is 2. The molecule has 0 atom stereocenters. The van der Waals surface area contributed by atoms with Gasteiger partial charge in [-0.3, -0.25) is 9.59 Å². The summed E-state index contributed by atoms with van der Waals surface area (Å²) < 4.78 is 4.53. The smallest absolute Gasteiger partial charge is 0.305 e. The molecule has 0 amide bonds. The maximum Gasteiger partial charge on any atom is 0.305 e. The minimum absolute atomic E-state index is 0.00533. The van der Waals surface area contributed by atoms with Crippen molar-refractivity contribution in [2.75, 3.05) is 13.4 Å². The third kappa shape index (κ3) is 4.35. The zero-order valence-corrected chi connectivity index (χ0v) is 11.9. The number of ether oxygens (including phenoxy) is 1. The van der Waals surface area contributed by atoms with Crippen molar-refractivity contribution in [3.05, 3.63) is 28.8 Å². The molecule has 0 bridgehead atoms. The Bertz CT molecular complexity index is 446. The fourth-order valence-corrected chi connectivity index (χ4v) is 2.30. The lowest BCUT2D eigenvalue weighted by Crippen LogP contribution is -2.04. The summed E-state index contributed by atoms with van der Waals surface area (Å²) in [7, 11) is 1.34. The van der Waals surface area contributed by atoms with E-state index in [2.05, 4.69) is 4.74 Å². The van der Waals surface area contributed by atoms with Gasteiger partial charge in [-0.2, -0.15) is 0 Å². The van der Waals surface area contributed by atoms with E-state index < -0.39 is 0 Å². The number of methoxy groups -OCH3 is 1. The highest BCUT2D eigenvalue weighted by Gasteiger charge is 2.12. The Kier molecular flexibility index (Phi) is 6.22. The summed E-state index contributed by atoms with van der Waals surface area (Å²) in [5.74, 6) is -0.287. The summed E-state index contributed by atoms with van der Waals surface area (Å²) in [5.41, 5.74) is 0.625. The van der Waals surface area contributed by atoms with Crippen LogP contribution in [0, 0.1) is 0 Å². The second-order valence-corrected chi connectivity index (χ2v) is 4.98. The highest BCUT2D eigenvalue weighted by Crippen LogP contribution is 2.25. The number of halogens is 1. The molecule has 0 saturated heterocycles. The van der Waals surface area contributed by atoms with Crippen LogP contribution >= 0.6 is 23.4 Å². The summed E-state index contributed by atoms with van der Waals surface area (Å²) in [4.78, 5) is 23.9. The number of esters is 1. The van der Waals surface area contributed by atoms with Gasteiger partial charge in [0.1, 0.15) is 0 Å². The molecule has 0 N–H and O–H groups in total. The van der Waals surface area contributed by atoms with Crippen molar-refractivity contribution in [1.82, 2.24) is 0 Å². The molecular weight excluding hydrogens is 272 g/mol. The minimum atomic E-state index is -0.293. The van der Waals surface area contributed by atoms with Gasteiger partial charge in [0.05, 0.1) is 7.11 Å². The van der Waals surface area contributed by atoms with E-state index in [1.807, 2.05) is 12.3 Å². The maximum absolute atomic E-state index is 12.0. The van der Waals surface area contributed by atoms with Gasteiger partial charge in [-0.1, -0.05) is 11.6 Å². The first-order chi connectivity index (χ1) is 8.58. The topological polar surface area (TPSA) is 43.4 Å². The molecular formula is C13H15ClO3S. The third-order valence-electron chi connectivity index (χ3n) is 2.47. The number of benzene rings is 1. The Morgan fingerprint density at radius 1 is 1.33 bits per heavy atom. The van der Waals surface area contributed by atoms with Crippen LogP contribution in [-0.2, 0) is 9.53 Å². The van der Waals surface area contributed by atoms with Gasteiger partial charge in [0.25, 0.3) is 0 Å². The monoisotopic (exact) mass is 286 g/mol. The molecule has 0 aliphatic carbocycles. The van der Waals surface area contributed by atoms with E-state index in [-0.39, 0.29) is 18.2 Å². The van der Waals surface area contributed by atoms with Crippen LogP contribution in [0.15, 0.2) is 23.1 Å². The van der Waals surface area contributed by atoms with E-state index in [1.54, 1.807) is 12.1 Å². The summed E-state index contributed by atoms with van der Waals surface area (Å²) in [6.07, 6.45) is 2.99. The number of ketones is 1. The van der Waals surface area contributed by atoms with Crippen LogP contribution in [0.4, 0.5) is 0 Å². The van der Waals surface area contributed by atoms with Crippen LogP contribution in [-0.4, -0.2) is 25.1 Å². The van der Waals surface area contributed by atoms with Gasteiger partial charge in [0, 0.05) is 28.3 Å². The molecule has 3 nitrogen and oxygen atoms in total. The first-order valence-corrected chi connectivity index (χ1v) is 7.12. The zero-order valence-electron chi connectivity index (χ0n) is 10.4. The van der Waals surface area contributed by atoms with Crippen molar-refractivity contribution in [2.45, 2.75) is 24.2 Å². The lowest BCUT2D eigenvalue weighted by Gasteiger charge is -2.06. The number of rotatable bonds is 6. The predicted octanol–water partition coefficient (Wildman–Crippen LogP) is 3.59. The Labute approximate surface area is 116 Å². The van der Waals surface area contributed by atoms with Crippen LogP contribution in [0.1, 0.15) is 29.6 Å². The lowest BCUT2D eigenvalue weighted by molar-refractivity contribution is -0.140. The number of carbonyl (C=O) groups is 2. The Morgan fingerprint density at radius 3 is 2.67 bits per heavy atom. The van der Waals surface area contributed by atoms with Gasteiger partial charge in [-0.15, -0.1) is 11.8 Å². The van der Waals surface area contributed by atoms with Crippen molar-refractivity contribution in [2.24, 2.45) is 0 Å². The SMILES string of the molecule is COC(=O)CCCC(=O)c1cc(Cl)ccc1SC. The molecule has 0 radical (unpaired) electrons. The van der Waals surface area contributed by atoms with Crippen LogP contribution in [0.3, 0.4) is 0 Å². The number of Topliss-reactive ketones (excluding diaryl/α,β-unsaturated/α-hetero) is 1. The van der Waals surface area contributed by atoms with Crippen LogP contribution < -0.4 is 0 Å². The van der Waals surface area contributed by atoms with Crippen molar-refractivity contribution < 1.29 is 14.3 Å². The van der Waals surface area contributed by atoms with Crippen molar-refractivity contribution in [3.63, 3.8) is 0 Å². The number of thioether (sulfide) groups is 1. The van der Waals surface area contributed by atoms with E-state index in [9.17, 15) is 9.59 Å². The van der Waals surface area contributed by atoms with E-state index in [0.29, 0.717) is 23.4 Å². The Balaban J connectivity index is 2.66. The molecule has 1 aromatic rings. The Hall–Kier alpha value is -1.000. The first-order valence-electron chi connectivity index (χ1n) is 5.52. The normalized spacial score (nSPS) is 10.2. The lowest BCUT2D eigenvalue weighted by atomic mass is 10.1. The second kappa shape index (κ2) is 7.44. The fourth-order valence-electron chi connectivity index (χ4n) is 1.53. The van der Waals surface area contributed by atoms with Gasteiger partial charge in [0.15, 0.2) is 5.78 Å². The molecule has 1 rings (SSSR count). The molecule has 0 aliphatic heterocycles. The molecule has 5 heteroatoms. The van der Waals surface area contributed by atoms with E-state index in [0.717, 1.165) is 4.90 Å². The average Bonchev–Trinajstić information content (AvgIpc) is 2.38.